The molecule has 1 fully saturated rings. The first-order valence-electron chi connectivity index (χ1n) is 8.48. The van der Waals surface area contributed by atoms with Gasteiger partial charge < -0.3 is 19.2 Å². The van der Waals surface area contributed by atoms with Gasteiger partial charge in [-0.05, 0) is 19.4 Å². The first kappa shape index (κ1) is 17.3. The van der Waals surface area contributed by atoms with Gasteiger partial charge in [0.25, 0.3) is 0 Å². The molecule has 0 atom stereocenters. The minimum Gasteiger partial charge on any atom is -0.872 e. The summed E-state index contributed by atoms with van der Waals surface area (Å²) in [6.45, 7) is 7.28. The van der Waals surface area contributed by atoms with Gasteiger partial charge in [0.2, 0.25) is 0 Å². The van der Waals surface area contributed by atoms with Gasteiger partial charge in [-0.3, -0.25) is 4.90 Å². The fraction of sp³-hybridized carbons (Fsp3) is 0.444. The molecule has 1 N–H and O–H groups in total. The van der Waals surface area contributed by atoms with E-state index < -0.39 is 5.63 Å². The molecule has 0 bridgehead atoms. The molecular formula is C18H22N2O5. The van der Waals surface area contributed by atoms with Gasteiger partial charge in [-0.2, -0.15) is 0 Å². The van der Waals surface area contributed by atoms with Gasteiger partial charge in [-0.25, -0.2) is 9.59 Å². The Hall–Kier alpha value is -2.54. The number of benzene rings is 1. The zero-order valence-corrected chi connectivity index (χ0v) is 14.5. The second-order valence-corrected chi connectivity index (χ2v) is 6.27. The number of nitrogens with one attached hydrogen (secondary N) is 1. The molecule has 1 aliphatic rings. The topological polar surface area (TPSA) is 87.2 Å². The summed E-state index contributed by atoms with van der Waals surface area (Å²) in [6.07, 6.45) is -0.272. The molecule has 2 aromatic rings. The van der Waals surface area contributed by atoms with E-state index in [1.54, 1.807) is 24.8 Å². The number of fused-ring (bicyclic) bond motifs is 1. The Morgan fingerprint density at radius 2 is 2.08 bits per heavy atom. The van der Waals surface area contributed by atoms with E-state index in [1.807, 2.05) is 0 Å². The molecule has 1 aromatic heterocycles. The Morgan fingerprint density at radius 3 is 2.76 bits per heavy atom. The predicted molar refractivity (Wildman–Crippen MR) is 89.7 cm³/mol. The Morgan fingerprint density at radius 1 is 1.36 bits per heavy atom. The van der Waals surface area contributed by atoms with E-state index in [0.29, 0.717) is 37.4 Å². The van der Waals surface area contributed by atoms with Crippen molar-refractivity contribution in [2.75, 3.05) is 32.8 Å². The number of nitrogens with zero attached hydrogens (tertiary/aromatic N) is 1. The highest BCUT2D eigenvalue weighted by Gasteiger charge is 2.25. The van der Waals surface area contributed by atoms with Crippen molar-refractivity contribution >= 4 is 17.1 Å². The van der Waals surface area contributed by atoms with Crippen LogP contribution in [0.1, 0.15) is 18.1 Å². The lowest BCUT2D eigenvalue weighted by Gasteiger charge is -2.31. The molecule has 25 heavy (non-hydrogen) atoms. The average molecular weight is 346 g/mol. The summed E-state index contributed by atoms with van der Waals surface area (Å²) in [6, 6.07) is 4.73. The van der Waals surface area contributed by atoms with Crippen LogP contribution in [-0.4, -0.2) is 43.8 Å². The lowest BCUT2D eigenvalue weighted by atomic mass is 10.1. The molecule has 7 heteroatoms. The van der Waals surface area contributed by atoms with E-state index >= 15 is 0 Å². The van der Waals surface area contributed by atoms with E-state index in [4.69, 9.17) is 9.15 Å². The van der Waals surface area contributed by atoms with E-state index in [1.165, 1.54) is 17.0 Å². The third-order valence-electron chi connectivity index (χ3n) is 4.63. The second-order valence-electron chi connectivity index (χ2n) is 6.27. The highest BCUT2D eigenvalue weighted by molar-refractivity contribution is 5.84. The van der Waals surface area contributed by atoms with Crippen molar-refractivity contribution in [3.05, 3.63) is 39.7 Å². The van der Waals surface area contributed by atoms with Crippen LogP contribution in [0.25, 0.3) is 11.0 Å². The Labute approximate surface area is 145 Å². The normalized spacial score (nSPS) is 15.5. The third-order valence-corrected chi connectivity index (χ3v) is 4.63. The summed E-state index contributed by atoms with van der Waals surface area (Å²) in [7, 11) is 0. The van der Waals surface area contributed by atoms with Gasteiger partial charge in [0.15, 0.2) is 0 Å². The van der Waals surface area contributed by atoms with Crippen LogP contribution in [0.3, 0.4) is 0 Å². The fourth-order valence-corrected chi connectivity index (χ4v) is 3.22. The number of amides is 1. The van der Waals surface area contributed by atoms with Crippen molar-refractivity contribution in [1.29, 1.82) is 0 Å². The van der Waals surface area contributed by atoms with Crippen molar-refractivity contribution < 1.29 is 24.0 Å². The van der Waals surface area contributed by atoms with Crippen LogP contribution in [0.2, 0.25) is 0 Å². The molecule has 7 nitrogen and oxygen atoms in total. The maximum atomic E-state index is 11.9. The van der Waals surface area contributed by atoms with Crippen LogP contribution in [-0.2, 0) is 11.3 Å². The van der Waals surface area contributed by atoms with Gasteiger partial charge in [-0.1, -0.05) is 12.1 Å². The molecule has 0 saturated carbocycles. The number of rotatable bonds is 3. The SMILES string of the molecule is CCOC(=O)N1CC[NH+](Cc2cc(=O)oc3c(C)c([O-])ccc23)CC1. The smallest absolute Gasteiger partial charge is 0.410 e. The number of hydrogen-bond donors (Lipinski definition) is 1. The van der Waals surface area contributed by atoms with Gasteiger partial charge in [-0.15, -0.1) is 5.75 Å². The van der Waals surface area contributed by atoms with E-state index in [0.717, 1.165) is 24.0 Å². The van der Waals surface area contributed by atoms with E-state index in [2.05, 4.69) is 0 Å². The van der Waals surface area contributed by atoms with Crippen LogP contribution in [0.4, 0.5) is 4.79 Å². The third kappa shape index (κ3) is 3.61. The molecule has 1 amide bonds. The van der Waals surface area contributed by atoms with Crippen LogP contribution in [0.15, 0.2) is 27.4 Å². The highest BCUT2D eigenvalue weighted by atomic mass is 16.6. The van der Waals surface area contributed by atoms with Crippen LogP contribution in [0.5, 0.6) is 5.75 Å². The van der Waals surface area contributed by atoms with Gasteiger partial charge in [0.1, 0.15) is 12.1 Å². The molecule has 3 rings (SSSR count). The zero-order chi connectivity index (χ0) is 18.0. The molecule has 0 aliphatic carbocycles. The number of carbonyl (C=O) groups excluding carboxylic acids is 1. The number of aryl methyl sites for hydroxylation is 1. The molecule has 1 saturated heterocycles. The van der Waals surface area contributed by atoms with Gasteiger partial charge in [0.05, 0.1) is 32.8 Å². The molecule has 2 heterocycles. The molecule has 1 aliphatic heterocycles. The minimum absolute atomic E-state index is 0.136. The number of hydrogen-bond acceptors (Lipinski definition) is 5. The largest absolute Gasteiger partial charge is 0.872 e. The molecule has 0 unspecified atom stereocenters. The molecule has 0 spiro atoms. The van der Waals surface area contributed by atoms with Crippen LogP contribution in [0, 0.1) is 6.92 Å². The van der Waals surface area contributed by atoms with Crippen molar-refractivity contribution in [2.24, 2.45) is 0 Å². The van der Waals surface area contributed by atoms with Gasteiger partial charge >= 0.3 is 11.7 Å². The van der Waals surface area contributed by atoms with Gasteiger partial charge in [0, 0.05) is 17.0 Å². The van der Waals surface area contributed by atoms with Crippen molar-refractivity contribution in [2.45, 2.75) is 20.4 Å². The zero-order valence-electron chi connectivity index (χ0n) is 14.5. The Kier molecular flexibility index (Phi) is 4.94. The van der Waals surface area contributed by atoms with Crippen LogP contribution >= 0.6 is 0 Å². The predicted octanol–water partition coefficient (Wildman–Crippen LogP) is 0.0320. The Balaban J connectivity index is 1.77. The summed E-state index contributed by atoms with van der Waals surface area (Å²) in [5.41, 5.74) is 1.26. The first-order chi connectivity index (χ1) is 12.0. The summed E-state index contributed by atoms with van der Waals surface area (Å²) >= 11 is 0. The Bertz CT molecular complexity index is 837. The lowest BCUT2D eigenvalue weighted by Crippen LogP contribution is -3.13. The van der Waals surface area contributed by atoms with E-state index in [-0.39, 0.29) is 11.8 Å². The molecule has 1 aromatic carbocycles. The monoisotopic (exact) mass is 346 g/mol. The number of quaternary nitrogens is 1. The summed E-state index contributed by atoms with van der Waals surface area (Å²) in [5.74, 6) is -0.136. The minimum atomic E-state index is -0.444. The van der Waals surface area contributed by atoms with Crippen molar-refractivity contribution in [1.82, 2.24) is 4.90 Å². The quantitative estimate of drug-likeness (QED) is 0.793. The lowest BCUT2D eigenvalue weighted by molar-refractivity contribution is -0.917. The highest BCUT2D eigenvalue weighted by Crippen LogP contribution is 2.25. The molecule has 0 radical (unpaired) electrons. The first-order valence-corrected chi connectivity index (χ1v) is 8.48. The summed E-state index contributed by atoms with van der Waals surface area (Å²) in [5, 5.41) is 12.6. The number of piperazine rings is 1. The average Bonchev–Trinajstić information content (AvgIpc) is 2.59. The molecular weight excluding hydrogens is 324 g/mol. The maximum Gasteiger partial charge on any atom is 0.410 e. The second kappa shape index (κ2) is 7.14. The molecule has 134 valence electrons. The van der Waals surface area contributed by atoms with Crippen molar-refractivity contribution in [3.63, 3.8) is 0 Å². The standard InChI is InChI=1S/C18H22N2O5/c1-3-24-18(23)20-8-6-19(7-9-20)11-13-10-16(22)25-17-12(2)15(21)5-4-14(13)17/h4-5,10,21H,3,6-9,11H2,1-2H3. The summed E-state index contributed by atoms with van der Waals surface area (Å²) < 4.78 is 10.3. The number of carbonyl (C=O) groups is 1. The number of ether oxygens (including phenoxy) is 1. The summed E-state index contributed by atoms with van der Waals surface area (Å²) in [4.78, 5) is 26.6. The van der Waals surface area contributed by atoms with E-state index in [9.17, 15) is 14.7 Å². The maximum absolute atomic E-state index is 11.9. The van der Waals surface area contributed by atoms with Crippen LogP contribution < -0.4 is 15.6 Å². The fourth-order valence-electron chi connectivity index (χ4n) is 3.22. The van der Waals surface area contributed by atoms with Crippen molar-refractivity contribution in [3.8, 4) is 5.75 Å².